The second kappa shape index (κ2) is 6.41. The second-order valence-electron chi connectivity index (χ2n) is 4.31. The van der Waals surface area contributed by atoms with Crippen LogP contribution in [0.5, 0.6) is 0 Å². The van der Waals surface area contributed by atoms with Gasteiger partial charge in [-0.25, -0.2) is 0 Å². The minimum absolute atomic E-state index is 0. The predicted molar refractivity (Wildman–Crippen MR) is 65.7 cm³/mol. The van der Waals surface area contributed by atoms with E-state index in [9.17, 15) is 9.90 Å². The van der Waals surface area contributed by atoms with Crippen molar-refractivity contribution in [3.05, 3.63) is 35.5 Å². The third kappa shape index (κ3) is 3.16. The van der Waals surface area contributed by atoms with E-state index in [1.807, 2.05) is 11.5 Å². The smallest absolute Gasteiger partial charge is 0.550 e. The number of rotatable bonds is 4. The van der Waals surface area contributed by atoms with Crippen LogP contribution in [0.15, 0.2) is 24.3 Å². The number of aromatic nitrogens is 1. The Morgan fingerprint density at radius 3 is 2.67 bits per heavy atom. The molecule has 0 amide bonds. The van der Waals surface area contributed by atoms with E-state index in [0.29, 0.717) is 6.54 Å². The average Bonchev–Trinajstić information content (AvgIpc) is 2.61. The first kappa shape index (κ1) is 15.3. The number of carbonyl (C=O) groups is 1. The summed E-state index contributed by atoms with van der Waals surface area (Å²) in [5.41, 5.74) is 3.47. The standard InChI is InChI=1S/C14H17NO2.Na/c1-3-11-4-5-12-8-10(2)15(13(12)9-11)7-6-14(16)17;/h4-5,8-9H,3,6-7H2,1-2H3,(H,16,17);/q;+1/p-1. The fraction of sp³-hybridized carbons (Fsp3) is 0.357. The molecular formula is C14H16NNaO2. The zero-order valence-corrected chi connectivity index (χ0v) is 13.2. The summed E-state index contributed by atoms with van der Waals surface area (Å²) in [6.07, 6.45) is 1.04. The van der Waals surface area contributed by atoms with Gasteiger partial charge in [0.25, 0.3) is 0 Å². The fourth-order valence-corrected chi connectivity index (χ4v) is 2.16. The van der Waals surface area contributed by atoms with E-state index in [2.05, 4.69) is 31.2 Å². The zero-order valence-electron chi connectivity index (χ0n) is 11.2. The molecule has 0 spiro atoms. The van der Waals surface area contributed by atoms with Crippen molar-refractivity contribution in [3.8, 4) is 0 Å². The molecule has 90 valence electrons. The van der Waals surface area contributed by atoms with Crippen LogP contribution in [-0.2, 0) is 17.8 Å². The normalized spacial score (nSPS) is 10.3. The summed E-state index contributed by atoms with van der Waals surface area (Å²) in [6.45, 7) is 4.59. The summed E-state index contributed by atoms with van der Waals surface area (Å²) in [4.78, 5) is 10.5. The van der Waals surface area contributed by atoms with E-state index >= 15 is 0 Å². The summed E-state index contributed by atoms with van der Waals surface area (Å²) in [6, 6.07) is 8.43. The Kier molecular flexibility index (Phi) is 5.45. The molecular weight excluding hydrogens is 237 g/mol. The molecule has 0 fully saturated rings. The van der Waals surface area contributed by atoms with Crippen molar-refractivity contribution in [2.45, 2.75) is 33.2 Å². The van der Waals surface area contributed by atoms with Gasteiger partial charge < -0.3 is 14.5 Å². The molecule has 0 bridgehead atoms. The molecule has 2 aromatic rings. The van der Waals surface area contributed by atoms with Crippen molar-refractivity contribution >= 4 is 16.9 Å². The Bertz CT molecular complexity index is 560. The van der Waals surface area contributed by atoms with E-state index in [0.717, 1.165) is 23.0 Å². The van der Waals surface area contributed by atoms with Crippen molar-refractivity contribution in [1.82, 2.24) is 4.57 Å². The maximum atomic E-state index is 10.5. The van der Waals surface area contributed by atoms with Gasteiger partial charge in [-0.05, 0) is 36.4 Å². The third-order valence-corrected chi connectivity index (χ3v) is 3.12. The number of hydrogen-bond donors (Lipinski definition) is 0. The molecule has 0 unspecified atom stereocenters. The molecule has 3 nitrogen and oxygen atoms in total. The van der Waals surface area contributed by atoms with Crippen molar-refractivity contribution in [3.63, 3.8) is 0 Å². The number of carbonyl (C=O) groups excluding carboxylic acids is 1. The van der Waals surface area contributed by atoms with Gasteiger partial charge in [-0.2, -0.15) is 0 Å². The molecule has 1 aromatic heterocycles. The zero-order chi connectivity index (χ0) is 12.4. The van der Waals surface area contributed by atoms with Crippen LogP contribution in [0.1, 0.15) is 24.6 Å². The molecule has 0 N–H and O–H groups in total. The number of aryl methyl sites for hydroxylation is 3. The van der Waals surface area contributed by atoms with Gasteiger partial charge in [-0.1, -0.05) is 19.1 Å². The molecule has 0 saturated heterocycles. The summed E-state index contributed by atoms with van der Waals surface area (Å²) in [5, 5.41) is 11.7. The van der Waals surface area contributed by atoms with Gasteiger partial charge in [0.15, 0.2) is 0 Å². The molecule has 2 rings (SSSR count). The number of carboxylic acids is 1. The van der Waals surface area contributed by atoms with Gasteiger partial charge in [0.1, 0.15) is 0 Å². The molecule has 0 atom stereocenters. The molecule has 0 radical (unpaired) electrons. The van der Waals surface area contributed by atoms with Gasteiger partial charge >= 0.3 is 29.6 Å². The second-order valence-corrected chi connectivity index (χ2v) is 4.31. The third-order valence-electron chi connectivity index (χ3n) is 3.12. The van der Waals surface area contributed by atoms with Crippen LogP contribution < -0.4 is 34.7 Å². The van der Waals surface area contributed by atoms with Crippen molar-refractivity contribution in [2.24, 2.45) is 0 Å². The molecule has 18 heavy (non-hydrogen) atoms. The maximum Gasteiger partial charge on any atom is 1.00 e. The summed E-state index contributed by atoms with van der Waals surface area (Å²) in [5.74, 6) is -1.00. The quantitative estimate of drug-likeness (QED) is 0.633. The Morgan fingerprint density at radius 2 is 2.06 bits per heavy atom. The van der Waals surface area contributed by atoms with E-state index in [4.69, 9.17) is 0 Å². The van der Waals surface area contributed by atoms with Gasteiger partial charge in [0, 0.05) is 30.1 Å². The Balaban J connectivity index is 0.00000162. The Hall–Kier alpha value is -0.770. The Morgan fingerprint density at radius 1 is 1.33 bits per heavy atom. The van der Waals surface area contributed by atoms with Gasteiger partial charge in [0.05, 0.1) is 0 Å². The van der Waals surface area contributed by atoms with E-state index in [1.165, 1.54) is 5.56 Å². The van der Waals surface area contributed by atoms with Crippen LogP contribution in [0.3, 0.4) is 0 Å². The van der Waals surface area contributed by atoms with Crippen molar-refractivity contribution < 1.29 is 39.5 Å². The van der Waals surface area contributed by atoms with Crippen LogP contribution >= 0.6 is 0 Å². The summed E-state index contributed by atoms with van der Waals surface area (Å²) >= 11 is 0. The van der Waals surface area contributed by atoms with Crippen LogP contribution in [-0.4, -0.2) is 10.5 Å². The van der Waals surface area contributed by atoms with Gasteiger partial charge in [-0.15, -0.1) is 0 Å². The van der Waals surface area contributed by atoms with Crippen molar-refractivity contribution in [1.29, 1.82) is 0 Å². The topological polar surface area (TPSA) is 45.1 Å². The van der Waals surface area contributed by atoms with E-state index < -0.39 is 5.97 Å². The van der Waals surface area contributed by atoms with Crippen molar-refractivity contribution in [2.75, 3.05) is 0 Å². The molecule has 0 aliphatic rings. The van der Waals surface area contributed by atoms with E-state index in [-0.39, 0.29) is 36.0 Å². The molecule has 4 heteroatoms. The number of carboxylic acid groups (broad SMARTS) is 1. The molecule has 0 aliphatic carbocycles. The van der Waals surface area contributed by atoms with Gasteiger partial charge in [-0.3, -0.25) is 0 Å². The SMILES string of the molecule is CCc1ccc2cc(C)n(CCC(=O)[O-])c2c1.[Na+]. The summed E-state index contributed by atoms with van der Waals surface area (Å²) < 4.78 is 2.05. The minimum Gasteiger partial charge on any atom is -0.550 e. The van der Waals surface area contributed by atoms with Gasteiger partial charge in [0.2, 0.25) is 0 Å². The first-order valence-electron chi connectivity index (χ1n) is 5.90. The van der Waals surface area contributed by atoms with Crippen LogP contribution in [0, 0.1) is 6.92 Å². The maximum absolute atomic E-state index is 10.5. The molecule has 1 heterocycles. The largest absolute Gasteiger partial charge is 1.00 e. The van der Waals surface area contributed by atoms with E-state index in [1.54, 1.807) is 0 Å². The number of hydrogen-bond acceptors (Lipinski definition) is 2. The first-order chi connectivity index (χ1) is 8.11. The minimum atomic E-state index is -1.00. The number of fused-ring (bicyclic) bond motifs is 1. The average molecular weight is 253 g/mol. The number of benzene rings is 1. The fourth-order valence-electron chi connectivity index (χ4n) is 2.16. The van der Waals surface area contributed by atoms with Crippen LogP contribution in [0.4, 0.5) is 0 Å². The molecule has 0 saturated carbocycles. The molecule has 1 aromatic carbocycles. The Labute approximate surface area is 129 Å². The van der Waals surface area contributed by atoms with Crippen LogP contribution in [0.2, 0.25) is 0 Å². The monoisotopic (exact) mass is 253 g/mol. The van der Waals surface area contributed by atoms with Crippen LogP contribution in [0.25, 0.3) is 10.9 Å². The number of nitrogens with zero attached hydrogens (tertiary/aromatic N) is 1. The molecule has 0 aliphatic heterocycles. The predicted octanol–water partition coefficient (Wildman–Crippen LogP) is -1.34. The first-order valence-corrected chi connectivity index (χ1v) is 5.90. The summed E-state index contributed by atoms with van der Waals surface area (Å²) in [7, 11) is 0. The number of aliphatic carboxylic acids is 1.